The molecule has 0 saturated carbocycles. The molecule has 2 unspecified atom stereocenters. The van der Waals surface area contributed by atoms with Crippen molar-refractivity contribution in [2.75, 3.05) is 27.2 Å². The van der Waals surface area contributed by atoms with E-state index in [4.69, 9.17) is 9.47 Å². The first kappa shape index (κ1) is 17.2. The first-order chi connectivity index (χ1) is 10.3. The minimum absolute atomic E-state index is 0.0938. The van der Waals surface area contributed by atoms with Crippen LogP contribution in [0.5, 0.6) is 5.75 Å². The van der Waals surface area contributed by atoms with Gasteiger partial charge in [0.25, 0.3) is 10.2 Å². The third-order valence-electron chi connectivity index (χ3n) is 3.65. The highest BCUT2D eigenvalue weighted by Gasteiger charge is 2.33. The van der Waals surface area contributed by atoms with Gasteiger partial charge in [-0.05, 0) is 31.5 Å². The van der Waals surface area contributed by atoms with Crippen LogP contribution in [0.15, 0.2) is 24.3 Å². The highest BCUT2D eigenvalue weighted by atomic mass is 32.2. The third-order valence-corrected chi connectivity index (χ3v) is 5.51. The molecule has 124 valence electrons. The van der Waals surface area contributed by atoms with Gasteiger partial charge < -0.3 is 9.47 Å². The van der Waals surface area contributed by atoms with E-state index in [2.05, 4.69) is 0 Å². The smallest absolute Gasteiger partial charge is 0.282 e. The van der Waals surface area contributed by atoms with Gasteiger partial charge in [-0.1, -0.05) is 12.1 Å². The zero-order chi connectivity index (χ0) is 16.3. The van der Waals surface area contributed by atoms with E-state index in [-0.39, 0.29) is 12.2 Å². The van der Waals surface area contributed by atoms with E-state index in [1.165, 1.54) is 8.61 Å². The summed E-state index contributed by atoms with van der Waals surface area (Å²) in [6.45, 7) is 4.85. The Labute approximate surface area is 132 Å². The molecular formula is C15H24N2O4S. The van der Waals surface area contributed by atoms with Crippen LogP contribution >= 0.6 is 0 Å². The Morgan fingerprint density at radius 1 is 1.32 bits per heavy atom. The van der Waals surface area contributed by atoms with Crippen LogP contribution in [0.1, 0.15) is 19.4 Å². The molecule has 2 atom stereocenters. The standard InChI is InChI=1S/C15H24N2O4S/c1-12-9-17(10-13(2)21-12)22(18,19)16(3)11-14-6-5-7-15(8-14)20-4/h5-8,12-13H,9-11H2,1-4H3. The number of hydrogen-bond acceptors (Lipinski definition) is 4. The van der Waals surface area contributed by atoms with Crippen molar-refractivity contribution < 1.29 is 17.9 Å². The van der Waals surface area contributed by atoms with Crippen LogP contribution in [0.25, 0.3) is 0 Å². The van der Waals surface area contributed by atoms with Gasteiger partial charge in [-0.25, -0.2) is 0 Å². The summed E-state index contributed by atoms with van der Waals surface area (Å²) in [6, 6.07) is 7.42. The number of hydrogen-bond donors (Lipinski definition) is 0. The Morgan fingerprint density at radius 3 is 2.55 bits per heavy atom. The molecule has 22 heavy (non-hydrogen) atoms. The number of nitrogens with zero attached hydrogens (tertiary/aromatic N) is 2. The summed E-state index contributed by atoms with van der Waals surface area (Å²) in [6.07, 6.45) is -0.188. The maximum atomic E-state index is 12.7. The zero-order valence-electron chi connectivity index (χ0n) is 13.5. The lowest BCUT2D eigenvalue weighted by molar-refractivity contribution is -0.0453. The fraction of sp³-hybridized carbons (Fsp3) is 0.600. The molecule has 0 amide bonds. The quantitative estimate of drug-likeness (QED) is 0.821. The normalized spacial score (nSPS) is 23.7. The summed E-state index contributed by atoms with van der Waals surface area (Å²) >= 11 is 0. The molecule has 1 aromatic rings. The summed E-state index contributed by atoms with van der Waals surface area (Å²) in [5, 5.41) is 0. The van der Waals surface area contributed by atoms with Gasteiger partial charge in [0, 0.05) is 26.7 Å². The van der Waals surface area contributed by atoms with Crippen molar-refractivity contribution >= 4 is 10.2 Å². The van der Waals surface area contributed by atoms with Gasteiger partial charge in [0.2, 0.25) is 0 Å². The number of rotatable bonds is 5. The summed E-state index contributed by atoms with van der Waals surface area (Å²) in [4.78, 5) is 0. The van der Waals surface area contributed by atoms with Crippen LogP contribution in [0, 0.1) is 0 Å². The minimum atomic E-state index is -3.50. The largest absolute Gasteiger partial charge is 0.497 e. The number of methoxy groups -OCH3 is 1. The molecule has 0 aromatic heterocycles. The fourth-order valence-electron chi connectivity index (χ4n) is 2.63. The molecule has 0 aliphatic carbocycles. The van der Waals surface area contributed by atoms with Crippen LogP contribution in [0.4, 0.5) is 0 Å². The van der Waals surface area contributed by atoms with Gasteiger partial charge in [-0.2, -0.15) is 17.0 Å². The van der Waals surface area contributed by atoms with E-state index in [0.717, 1.165) is 11.3 Å². The van der Waals surface area contributed by atoms with Crippen molar-refractivity contribution in [1.29, 1.82) is 0 Å². The van der Waals surface area contributed by atoms with Crippen molar-refractivity contribution in [3.8, 4) is 5.75 Å². The molecule has 1 fully saturated rings. The van der Waals surface area contributed by atoms with Gasteiger partial charge >= 0.3 is 0 Å². The molecule has 1 aliphatic heterocycles. The van der Waals surface area contributed by atoms with E-state index < -0.39 is 10.2 Å². The summed E-state index contributed by atoms with van der Waals surface area (Å²) in [5.74, 6) is 0.719. The minimum Gasteiger partial charge on any atom is -0.497 e. The van der Waals surface area contributed by atoms with Crippen molar-refractivity contribution in [1.82, 2.24) is 8.61 Å². The second kappa shape index (κ2) is 6.95. The van der Waals surface area contributed by atoms with Crippen LogP contribution < -0.4 is 4.74 Å². The Balaban J connectivity index is 2.11. The molecule has 1 saturated heterocycles. The SMILES string of the molecule is COc1cccc(CN(C)S(=O)(=O)N2CC(C)OC(C)C2)c1. The number of morpholine rings is 1. The summed E-state index contributed by atoms with van der Waals surface area (Å²) in [5.41, 5.74) is 0.889. The maximum absolute atomic E-state index is 12.7. The number of ether oxygens (including phenoxy) is 2. The average Bonchev–Trinajstić information content (AvgIpc) is 2.46. The molecule has 2 rings (SSSR count). The second-order valence-corrected chi connectivity index (χ2v) is 7.73. The summed E-state index contributed by atoms with van der Waals surface area (Å²) in [7, 11) is -0.310. The monoisotopic (exact) mass is 328 g/mol. The lowest BCUT2D eigenvalue weighted by Crippen LogP contribution is -2.52. The van der Waals surface area contributed by atoms with Crippen molar-refractivity contribution in [2.24, 2.45) is 0 Å². The van der Waals surface area contributed by atoms with Gasteiger partial charge in [-0.15, -0.1) is 0 Å². The second-order valence-electron chi connectivity index (χ2n) is 5.69. The van der Waals surface area contributed by atoms with Crippen LogP contribution in [-0.4, -0.2) is 56.5 Å². The van der Waals surface area contributed by atoms with Gasteiger partial charge in [-0.3, -0.25) is 0 Å². The highest BCUT2D eigenvalue weighted by molar-refractivity contribution is 7.86. The van der Waals surface area contributed by atoms with E-state index >= 15 is 0 Å². The molecule has 7 heteroatoms. The molecule has 1 aliphatic rings. The molecule has 0 bridgehead atoms. The predicted octanol–water partition coefficient (Wildman–Crippen LogP) is 1.48. The van der Waals surface area contributed by atoms with Crippen molar-refractivity contribution in [3.63, 3.8) is 0 Å². The molecule has 6 nitrogen and oxygen atoms in total. The fourth-order valence-corrected chi connectivity index (χ4v) is 4.13. The third kappa shape index (κ3) is 3.98. The first-order valence-electron chi connectivity index (χ1n) is 7.32. The molecule has 0 N–H and O–H groups in total. The molecular weight excluding hydrogens is 304 g/mol. The van der Waals surface area contributed by atoms with E-state index in [0.29, 0.717) is 19.6 Å². The number of benzene rings is 1. The van der Waals surface area contributed by atoms with Crippen LogP contribution in [0.2, 0.25) is 0 Å². The Hall–Kier alpha value is -1.15. The van der Waals surface area contributed by atoms with Gasteiger partial charge in [0.05, 0.1) is 19.3 Å². The van der Waals surface area contributed by atoms with E-state index in [1.54, 1.807) is 14.2 Å². The summed E-state index contributed by atoms with van der Waals surface area (Å²) < 4.78 is 39.0. The average molecular weight is 328 g/mol. The van der Waals surface area contributed by atoms with Crippen LogP contribution in [-0.2, 0) is 21.5 Å². The lowest BCUT2D eigenvalue weighted by Gasteiger charge is -2.36. The lowest BCUT2D eigenvalue weighted by atomic mass is 10.2. The van der Waals surface area contributed by atoms with Crippen molar-refractivity contribution in [2.45, 2.75) is 32.6 Å². The highest BCUT2D eigenvalue weighted by Crippen LogP contribution is 2.19. The molecule has 0 spiro atoms. The maximum Gasteiger partial charge on any atom is 0.282 e. The molecule has 0 radical (unpaired) electrons. The zero-order valence-corrected chi connectivity index (χ0v) is 14.3. The first-order valence-corrected chi connectivity index (χ1v) is 8.72. The van der Waals surface area contributed by atoms with Gasteiger partial charge in [0.15, 0.2) is 0 Å². The topological polar surface area (TPSA) is 59.1 Å². The van der Waals surface area contributed by atoms with E-state index in [1.807, 2.05) is 38.1 Å². The van der Waals surface area contributed by atoms with Crippen molar-refractivity contribution in [3.05, 3.63) is 29.8 Å². The molecule has 1 heterocycles. The Kier molecular flexibility index (Phi) is 5.44. The Bertz CT molecular complexity index is 595. The predicted molar refractivity (Wildman–Crippen MR) is 85.0 cm³/mol. The van der Waals surface area contributed by atoms with E-state index in [9.17, 15) is 8.42 Å². The Morgan fingerprint density at radius 2 is 1.95 bits per heavy atom. The molecule has 1 aromatic carbocycles. The van der Waals surface area contributed by atoms with Crippen LogP contribution in [0.3, 0.4) is 0 Å². The van der Waals surface area contributed by atoms with Gasteiger partial charge in [0.1, 0.15) is 5.75 Å².